The third-order valence-electron chi connectivity index (χ3n) is 10.7. The van der Waals surface area contributed by atoms with Gasteiger partial charge in [0.1, 0.15) is 23.1 Å². The van der Waals surface area contributed by atoms with Gasteiger partial charge >= 0.3 is 0 Å². The van der Waals surface area contributed by atoms with Gasteiger partial charge in [0.05, 0.1) is 31.7 Å². The quantitative estimate of drug-likeness (QED) is 0.256. The minimum Gasteiger partial charge on any atom is -0.507 e. The third-order valence-corrected chi connectivity index (χ3v) is 12.1. The molecule has 0 aromatic heterocycles. The van der Waals surface area contributed by atoms with E-state index >= 15 is 0 Å². The van der Waals surface area contributed by atoms with Crippen molar-refractivity contribution in [3.63, 3.8) is 0 Å². The monoisotopic (exact) mass is 670 g/mol. The average molecular weight is 672 g/mol. The summed E-state index contributed by atoms with van der Waals surface area (Å²) in [4.78, 5) is 55.0. The number of carbonyl (C=O) groups is 4. The normalized spacial score (nSPS) is 32.7. The summed E-state index contributed by atoms with van der Waals surface area (Å²) in [6.07, 6.45) is 6.21. The molecule has 3 aliphatic carbocycles. The second-order valence-corrected chi connectivity index (χ2v) is 14.1. The highest BCUT2D eigenvalue weighted by molar-refractivity contribution is 6.58. The molecule has 0 bridgehead atoms. The molecule has 5 aliphatic rings. The predicted molar refractivity (Wildman–Crippen MR) is 167 cm³/mol. The first kappa shape index (κ1) is 31.0. The van der Waals surface area contributed by atoms with Gasteiger partial charge in [-0.1, -0.05) is 30.9 Å². The number of phenolic OH excluding ortho intramolecular Hbond substituents is 1. The number of aromatic hydroxyl groups is 1. The van der Waals surface area contributed by atoms with Gasteiger partial charge in [-0.2, -0.15) is 0 Å². The number of carbonyl (C=O) groups excluding carboxylic acids is 4. The van der Waals surface area contributed by atoms with E-state index in [0.717, 1.165) is 49.1 Å². The molecule has 46 heavy (non-hydrogen) atoms. The lowest BCUT2D eigenvalue weighted by Gasteiger charge is -2.51. The maximum Gasteiger partial charge on any atom is 0.258 e. The Morgan fingerprint density at radius 2 is 1.61 bits per heavy atom. The lowest BCUT2D eigenvalue weighted by atomic mass is 9.56. The summed E-state index contributed by atoms with van der Waals surface area (Å²) in [5, 5.41) is 11.5. The highest BCUT2D eigenvalue weighted by atomic mass is 35.5. The van der Waals surface area contributed by atoms with E-state index in [9.17, 15) is 28.7 Å². The maximum absolute atomic E-state index is 14.5. The second kappa shape index (κ2) is 11.0. The number of phenols is 1. The zero-order chi connectivity index (χ0) is 32.7. The minimum absolute atomic E-state index is 0.0703. The summed E-state index contributed by atoms with van der Waals surface area (Å²) in [5.74, 6) is -6.21. The highest BCUT2D eigenvalue weighted by Gasteiger charge is 2.77. The first-order valence-electron chi connectivity index (χ1n) is 15.5. The van der Waals surface area contributed by atoms with Gasteiger partial charge in [-0.25, -0.2) is 9.29 Å². The third kappa shape index (κ3) is 4.11. The van der Waals surface area contributed by atoms with Gasteiger partial charge in [0.15, 0.2) is 9.75 Å². The SMILES string of the molecule is COc1cc(O)c([C@H]2C3=CC[C@@H]4C(=O)N(C5CCCCC5)C(=O)[C@@H]4[C@@H]3C[C@@]3(Cl)C(=O)N(c4ccc(F)cc4)C(=O)[C@@]23Cl)c(OC)c1. The second-order valence-electron chi connectivity index (χ2n) is 12.9. The molecule has 9 nitrogen and oxygen atoms in total. The van der Waals surface area contributed by atoms with E-state index in [1.807, 2.05) is 6.08 Å². The molecule has 4 amide bonds. The van der Waals surface area contributed by atoms with E-state index < -0.39 is 51.1 Å². The summed E-state index contributed by atoms with van der Waals surface area (Å²) in [5.41, 5.74) is 0.696. The van der Waals surface area contributed by atoms with E-state index in [4.69, 9.17) is 32.7 Å². The number of anilines is 1. The number of alkyl halides is 2. The molecule has 242 valence electrons. The van der Waals surface area contributed by atoms with Crippen LogP contribution in [0.1, 0.15) is 56.4 Å². The van der Waals surface area contributed by atoms with Crippen LogP contribution >= 0.6 is 23.2 Å². The van der Waals surface area contributed by atoms with Crippen LogP contribution < -0.4 is 14.4 Å². The van der Waals surface area contributed by atoms with Crippen molar-refractivity contribution >= 4 is 52.5 Å². The number of rotatable bonds is 5. The Morgan fingerprint density at radius 1 is 0.913 bits per heavy atom. The Bertz CT molecular complexity index is 1690. The summed E-state index contributed by atoms with van der Waals surface area (Å²) in [6, 6.07) is 7.48. The molecule has 2 aromatic carbocycles. The van der Waals surface area contributed by atoms with Crippen LogP contribution in [0.5, 0.6) is 17.2 Å². The van der Waals surface area contributed by atoms with E-state index in [1.165, 1.54) is 43.4 Å². The molecule has 6 atom stereocenters. The summed E-state index contributed by atoms with van der Waals surface area (Å²) in [7, 11) is 2.80. The van der Waals surface area contributed by atoms with Crippen molar-refractivity contribution < 1.29 is 38.1 Å². The number of ether oxygens (including phenoxy) is 2. The molecule has 0 spiro atoms. The predicted octanol–water partition coefficient (Wildman–Crippen LogP) is 5.44. The van der Waals surface area contributed by atoms with Crippen LogP contribution in [-0.2, 0) is 19.2 Å². The van der Waals surface area contributed by atoms with Crippen LogP contribution in [0.25, 0.3) is 0 Å². The number of likely N-dealkylation sites (tertiary alicyclic amines) is 1. The Hall–Kier alpha value is -3.63. The Kier molecular flexibility index (Phi) is 7.40. The van der Waals surface area contributed by atoms with Crippen LogP contribution in [0, 0.1) is 23.6 Å². The fourth-order valence-corrected chi connectivity index (χ4v) is 9.52. The largest absolute Gasteiger partial charge is 0.507 e. The van der Waals surface area contributed by atoms with Crippen LogP contribution in [0.4, 0.5) is 10.1 Å². The van der Waals surface area contributed by atoms with E-state index in [1.54, 1.807) is 0 Å². The molecular weight excluding hydrogens is 638 g/mol. The molecule has 1 N–H and O–H groups in total. The van der Waals surface area contributed by atoms with E-state index in [0.29, 0.717) is 5.57 Å². The molecule has 2 aromatic rings. The fraction of sp³-hybridized carbons (Fsp3) is 0.471. The molecule has 0 unspecified atom stereocenters. The number of imide groups is 2. The lowest BCUT2D eigenvalue weighted by molar-refractivity contribution is -0.143. The standard InChI is InChI=1S/C34H33Cl2FN2O7/c1-45-20-14-24(40)27(25(15-20)46-2)28-21-12-13-22-26(30(42)38(29(22)41)18-6-4-3-5-7-18)23(21)16-33(35)31(43)39(32(44)34(28,33)36)19-10-8-17(37)9-11-19/h8-12,14-15,18,22-23,26,28,40H,3-7,13,16H2,1-2H3/t22-,23+,26-,28+,33+,34-/m0/s1. The molecular formula is C34H33Cl2FN2O7. The molecule has 2 aliphatic heterocycles. The average Bonchev–Trinajstić information content (AvgIpc) is 3.39. The molecule has 0 radical (unpaired) electrons. The Morgan fingerprint density at radius 3 is 2.26 bits per heavy atom. The van der Waals surface area contributed by atoms with Crippen LogP contribution in [0.3, 0.4) is 0 Å². The van der Waals surface area contributed by atoms with Crippen LogP contribution in [-0.4, -0.2) is 63.6 Å². The van der Waals surface area contributed by atoms with Gasteiger partial charge in [0, 0.05) is 29.7 Å². The lowest BCUT2D eigenvalue weighted by Crippen LogP contribution is -2.60. The Labute approximate surface area is 275 Å². The van der Waals surface area contributed by atoms with Crippen LogP contribution in [0.15, 0.2) is 48.0 Å². The fourth-order valence-electron chi connectivity index (χ4n) is 8.60. The van der Waals surface area contributed by atoms with E-state index in [-0.39, 0.29) is 59.2 Å². The topological polar surface area (TPSA) is 113 Å². The molecule has 4 fully saturated rings. The summed E-state index contributed by atoms with van der Waals surface area (Å²) in [6.45, 7) is 0. The zero-order valence-corrected chi connectivity index (χ0v) is 26.8. The number of amides is 4. The number of halogens is 3. The summed E-state index contributed by atoms with van der Waals surface area (Å²) < 4.78 is 24.9. The number of benzene rings is 2. The number of nitrogens with zero attached hydrogens (tertiary/aromatic N) is 2. The number of hydrogen-bond donors (Lipinski definition) is 1. The van der Waals surface area contributed by atoms with Crippen molar-refractivity contribution in [3.05, 3.63) is 59.4 Å². The van der Waals surface area contributed by atoms with Crippen molar-refractivity contribution in [2.75, 3.05) is 19.1 Å². The number of hydrogen-bond acceptors (Lipinski definition) is 7. The van der Waals surface area contributed by atoms with Crippen molar-refractivity contribution in [1.29, 1.82) is 0 Å². The number of methoxy groups -OCH3 is 2. The molecule has 2 saturated carbocycles. The van der Waals surface area contributed by atoms with E-state index in [2.05, 4.69) is 0 Å². The van der Waals surface area contributed by atoms with Crippen molar-refractivity contribution in [1.82, 2.24) is 4.90 Å². The first-order valence-corrected chi connectivity index (χ1v) is 16.3. The Balaban J connectivity index is 1.42. The van der Waals surface area contributed by atoms with Crippen molar-refractivity contribution in [3.8, 4) is 17.2 Å². The maximum atomic E-state index is 14.5. The zero-order valence-electron chi connectivity index (χ0n) is 25.3. The van der Waals surface area contributed by atoms with Gasteiger partial charge < -0.3 is 14.6 Å². The van der Waals surface area contributed by atoms with Gasteiger partial charge in [0.25, 0.3) is 11.8 Å². The smallest absolute Gasteiger partial charge is 0.258 e. The molecule has 2 heterocycles. The van der Waals surface area contributed by atoms with Gasteiger partial charge in [-0.05, 0) is 55.9 Å². The van der Waals surface area contributed by atoms with Gasteiger partial charge in [-0.3, -0.25) is 24.1 Å². The minimum atomic E-state index is -2.21. The van der Waals surface area contributed by atoms with Crippen molar-refractivity contribution in [2.45, 2.75) is 66.7 Å². The molecule has 2 saturated heterocycles. The number of allylic oxidation sites excluding steroid dienone is 2. The molecule has 7 rings (SSSR count). The van der Waals surface area contributed by atoms with Gasteiger partial charge in [-0.15, -0.1) is 23.2 Å². The van der Waals surface area contributed by atoms with Gasteiger partial charge in [0.2, 0.25) is 11.8 Å². The number of fused-ring (bicyclic) bond motifs is 4. The van der Waals surface area contributed by atoms with Crippen molar-refractivity contribution in [2.24, 2.45) is 17.8 Å². The molecule has 12 heteroatoms. The van der Waals surface area contributed by atoms with Crippen LogP contribution in [0.2, 0.25) is 0 Å². The summed E-state index contributed by atoms with van der Waals surface area (Å²) >= 11 is 14.8. The highest BCUT2D eigenvalue weighted by Crippen LogP contribution is 2.67. The first-order chi connectivity index (χ1) is 22.0.